The Morgan fingerprint density at radius 3 is 2.63 bits per heavy atom. The molecule has 106 valence electrons. The quantitative estimate of drug-likeness (QED) is 0.467. The van der Waals surface area contributed by atoms with Crippen LogP contribution in [0.5, 0.6) is 0 Å². The molecule has 0 fully saturated rings. The van der Waals surface area contributed by atoms with E-state index < -0.39 is 0 Å². The monoisotopic (exact) mass is 266 g/mol. The lowest BCUT2D eigenvalue weighted by atomic mass is 10.2. The van der Waals surface area contributed by atoms with Gasteiger partial charge in [-0.2, -0.15) is 0 Å². The van der Waals surface area contributed by atoms with E-state index in [1.54, 1.807) is 24.5 Å². The van der Waals surface area contributed by atoms with E-state index in [0.29, 0.717) is 5.56 Å². The Labute approximate surface area is 115 Å². The van der Waals surface area contributed by atoms with Crippen LogP contribution in [0.25, 0.3) is 0 Å². The number of aromatic nitrogens is 1. The number of quaternary nitrogens is 2. The maximum atomic E-state index is 11.7. The first-order valence-electron chi connectivity index (χ1n) is 6.99. The molecule has 0 radical (unpaired) electrons. The number of nitrogens with two attached hydrogens (primary N) is 1. The molecular formula is C14H26N4O+2. The summed E-state index contributed by atoms with van der Waals surface area (Å²) < 4.78 is 0. The SMILES string of the molecule is C[NH+](C)CCC[NH2+]CCCNC(=O)c1ccncc1. The minimum Gasteiger partial charge on any atom is -0.352 e. The number of carbonyl (C=O) groups is 1. The summed E-state index contributed by atoms with van der Waals surface area (Å²) in [6.45, 7) is 4.19. The van der Waals surface area contributed by atoms with Crippen molar-refractivity contribution in [1.82, 2.24) is 10.3 Å². The molecule has 19 heavy (non-hydrogen) atoms. The summed E-state index contributed by atoms with van der Waals surface area (Å²) in [4.78, 5) is 17.1. The van der Waals surface area contributed by atoms with Gasteiger partial charge >= 0.3 is 0 Å². The summed E-state index contributed by atoms with van der Waals surface area (Å²) in [7, 11) is 4.35. The van der Waals surface area contributed by atoms with Crippen molar-refractivity contribution >= 4 is 5.91 Å². The van der Waals surface area contributed by atoms with Gasteiger partial charge in [0.05, 0.1) is 33.7 Å². The van der Waals surface area contributed by atoms with E-state index in [0.717, 1.165) is 19.5 Å². The first kappa shape index (κ1) is 15.6. The Morgan fingerprint density at radius 2 is 1.95 bits per heavy atom. The number of hydrogen-bond acceptors (Lipinski definition) is 2. The molecule has 0 aliphatic heterocycles. The summed E-state index contributed by atoms with van der Waals surface area (Å²) in [5.41, 5.74) is 0.674. The van der Waals surface area contributed by atoms with Crippen LogP contribution in [0.3, 0.4) is 0 Å². The lowest BCUT2D eigenvalue weighted by Gasteiger charge is -2.07. The molecule has 4 N–H and O–H groups in total. The largest absolute Gasteiger partial charge is 0.352 e. The van der Waals surface area contributed by atoms with E-state index >= 15 is 0 Å². The van der Waals surface area contributed by atoms with Gasteiger partial charge in [-0.1, -0.05) is 0 Å². The molecular weight excluding hydrogens is 240 g/mol. The second kappa shape index (κ2) is 9.47. The smallest absolute Gasteiger partial charge is 0.251 e. The van der Waals surface area contributed by atoms with Crippen molar-refractivity contribution in [1.29, 1.82) is 0 Å². The lowest BCUT2D eigenvalue weighted by molar-refractivity contribution is -0.860. The summed E-state index contributed by atoms with van der Waals surface area (Å²) >= 11 is 0. The molecule has 0 bridgehead atoms. The molecule has 1 aromatic rings. The third-order valence-electron chi connectivity index (χ3n) is 2.90. The zero-order valence-electron chi connectivity index (χ0n) is 12.0. The molecule has 0 aliphatic carbocycles. The van der Waals surface area contributed by atoms with Crippen molar-refractivity contribution in [3.05, 3.63) is 30.1 Å². The predicted octanol–water partition coefficient (Wildman–Crippen LogP) is -1.70. The van der Waals surface area contributed by atoms with Crippen LogP contribution in [0.4, 0.5) is 0 Å². The average Bonchev–Trinajstić information content (AvgIpc) is 2.42. The number of pyridine rings is 1. The van der Waals surface area contributed by atoms with Crippen LogP contribution in [-0.4, -0.2) is 51.2 Å². The lowest BCUT2D eigenvalue weighted by Crippen LogP contribution is -3.06. The summed E-state index contributed by atoms with van der Waals surface area (Å²) in [5.74, 6) is -0.0152. The normalized spacial score (nSPS) is 10.7. The van der Waals surface area contributed by atoms with Crippen molar-refractivity contribution in [2.75, 3.05) is 40.3 Å². The van der Waals surface area contributed by atoms with Gasteiger partial charge in [0.25, 0.3) is 5.91 Å². The van der Waals surface area contributed by atoms with Gasteiger partial charge in [-0.05, 0) is 12.1 Å². The Kier molecular flexibility index (Phi) is 7.77. The Hall–Kier alpha value is -1.46. The molecule has 1 heterocycles. The van der Waals surface area contributed by atoms with E-state index in [1.165, 1.54) is 24.4 Å². The number of nitrogens with zero attached hydrogens (tertiary/aromatic N) is 1. The van der Waals surface area contributed by atoms with Gasteiger partial charge < -0.3 is 15.5 Å². The molecule has 1 rings (SSSR count). The maximum Gasteiger partial charge on any atom is 0.251 e. The topological polar surface area (TPSA) is 63.0 Å². The van der Waals surface area contributed by atoms with Crippen LogP contribution in [0.2, 0.25) is 0 Å². The van der Waals surface area contributed by atoms with Crippen molar-refractivity contribution in [2.45, 2.75) is 12.8 Å². The highest BCUT2D eigenvalue weighted by atomic mass is 16.1. The molecule has 0 aromatic carbocycles. The van der Waals surface area contributed by atoms with E-state index in [1.807, 2.05) is 0 Å². The van der Waals surface area contributed by atoms with Crippen LogP contribution in [-0.2, 0) is 0 Å². The third-order valence-corrected chi connectivity index (χ3v) is 2.90. The second-order valence-corrected chi connectivity index (χ2v) is 5.02. The van der Waals surface area contributed by atoms with Gasteiger partial charge in [0.15, 0.2) is 0 Å². The van der Waals surface area contributed by atoms with E-state index in [-0.39, 0.29) is 5.91 Å². The van der Waals surface area contributed by atoms with Gasteiger partial charge in [-0.15, -0.1) is 0 Å². The highest BCUT2D eigenvalue weighted by Gasteiger charge is 2.03. The molecule has 0 aliphatic rings. The van der Waals surface area contributed by atoms with Gasteiger partial charge in [0.1, 0.15) is 0 Å². The third kappa shape index (κ3) is 7.54. The maximum absolute atomic E-state index is 11.7. The van der Waals surface area contributed by atoms with Crippen LogP contribution >= 0.6 is 0 Å². The van der Waals surface area contributed by atoms with Crippen molar-refractivity contribution < 1.29 is 15.0 Å². The summed E-state index contributed by atoms with van der Waals surface area (Å²) in [6, 6.07) is 3.45. The zero-order valence-corrected chi connectivity index (χ0v) is 12.0. The highest BCUT2D eigenvalue weighted by molar-refractivity contribution is 5.93. The minimum absolute atomic E-state index is 0.0152. The summed E-state index contributed by atoms with van der Waals surface area (Å²) in [5, 5.41) is 5.24. The van der Waals surface area contributed by atoms with Crippen molar-refractivity contribution in [3.63, 3.8) is 0 Å². The Morgan fingerprint density at radius 1 is 1.26 bits per heavy atom. The Balaban J connectivity index is 1.98. The van der Waals surface area contributed by atoms with Crippen LogP contribution in [0.1, 0.15) is 23.2 Å². The van der Waals surface area contributed by atoms with Gasteiger partial charge in [-0.3, -0.25) is 9.78 Å². The van der Waals surface area contributed by atoms with Crippen LogP contribution in [0, 0.1) is 0 Å². The molecule has 1 amide bonds. The number of hydrogen-bond donors (Lipinski definition) is 3. The fraction of sp³-hybridized carbons (Fsp3) is 0.571. The van der Waals surface area contributed by atoms with Gasteiger partial charge in [0, 0.05) is 37.3 Å². The zero-order chi connectivity index (χ0) is 13.9. The average molecular weight is 266 g/mol. The first-order chi connectivity index (χ1) is 9.20. The molecule has 5 heteroatoms. The fourth-order valence-electron chi connectivity index (χ4n) is 1.80. The highest BCUT2D eigenvalue weighted by Crippen LogP contribution is 1.94. The van der Waals surface area contributed by atoms with E-state index in [4.69, 9.17) is 0 Å². The molecule has 1 aromatic heterocycles. The molecule has 0 saturated heterocycles. The second-order valence-electron chi connectivity index (χ2n) is 5.02. The standard InChI is InChI=1S/C14H24N4O/c1-18(2)12-4-8-15-7-3-9-17-14(19)13-5-10-16-11-6-13/h5-6,10-11,15H,3-4,7-9,12H2,1-2H3,(H,17,19)/p+2. The van der Waals surface area contributed by atoms with Crippen LogP contribution in [0.15, 0.2) is 24.5 Å². The van der Waals surface area contributed by atoms with E-state index in [2.05, 4.69) is 29.7 Å². The number of rotatable bonds is 9. The predicted molar refractivity (Wildman–Crippen MR) is 75.1 cm³/mol. The van der Waals surface area contributed by atoms with Gasteiger partial charge in [-0.25, -0.2) is 0 Å². The Bertz CT molecular complexity index is 354. The molecule has 0 spiro atoms. The van der Waals surface area contributed by atoms with Crippen molar-refractivity contribution in [2.24, 2.45) is 0 Å². The molecule has 0 atom stereocenters. The number of amides is 1. The van der Waals surface area contributed by atoms with Gasteiger partial charge in [0.2, 0.25) is 0 Å². The number of nitrogens with one attached hydrogen (secondary N) is 2. The molecule has 5 nitrogen and oxygen atoms in total. The summed E-state index contributed by atoms with van der Waals surface area (Å²) in [6.07, 6.45) is 5.52. The van der Waals surface area contributed by atoms with Crippen LogP contribution < -0.4 is 15.5 Å². The number of carbonyl (C=O) groups excluding carboxylic acids is 1. The molecule has 0 saturated carbocycles. The molecule has 0 unspecified atom stereocenters. The van der Waals surface area contributed by atoms with Crippen molar-refractivity contribution in [3.8, 4) is 0 Å². The first-order valence-corrected chi connectivity index (χ1v) is 6.99. The fourth-order valence-corrected chi connectivity index (χ4v) is 1.80. The van der Waals surface area contributed by atoms with E-state index in [9.17, 15) is 4.79 Å². The minimum atomic E-state index is -0.0152.